The summed E-state index contributed by atoms with van der Waals surface area (Å²) in [6, 6.07) is 0. The molecule has 0 aliphatic rings. The Bertz CT molecular complexity index is 1360. The minimum atomic E-state index is -0.768. The maximum absolute atomic E-state index is 12.8. The zero-order chi connectivity index (χ0) is 52.9. The van der Waals surface area contributed by atoms with E-state index in [9.17, 15) is 14.4 Å². The lowest BCUT2D eigenvalue weighted by atomic mass is 10.0. The lowest BCUT2D eigenvalue weighted by Crippen LogP contribution is -2.30. The maximum Gasteiger partial charge on any atom is 0.306 e. The zero-order valence-electron chi connectivity index (χ0n) is 48.4. The van der Waals surface area contributed by atoms with Crippen molar-refractivity contribution in [2.45, 2.75) is 322 Å². The van der Waals surface area contributed by atoms with E-state index < -0.39 is 6.10 Å². The van der Waals surface area contributed by atoms with Gasteiger partial charge in [-0.05, 0) is 70.6 Å². The molecule has 0 rings (SSSR count). The van der Waals surface area contributed by atoms with Crippen molar-refractivity contribution in [3.05, 3.63) is 72.9 Å². The van der Waals surface area contributed by atoms with Crippen molar-refractivity contribution in [2.75, 3.05) is 13.2 Å². The summed E-state index contributed by atoms with van der Waals surface area (Å²) in [5.41, 5.74) is 0. The highest BCUT2D eigenvalue weighted by molar-refractivity contribution is 5.71. The summed E-state index contributed by atoms with van der Waals surface area (Å²) in [5.74, 6) is -0.857. The Morgan fingerprint density at radius 2 is 0.534 bits per heavy atom. The molecule has 0 N–H and O–H groups in total. The molecule has 0 saturated carbocycles. The van der Waals surface area contributed by atoms with Crippen molar-refractivity contribution in [3.8, 4) is 0 Å². The minimum absolute atomic E-state index is 0.0690. The van der Waals surface area contributed by atoms with E-state index in [1.165, 1.54) is 180 Å². The molecule has 0 saturated heterocycles. The Morgan fingerprint density at radius 3 is 0.836 bits per heavy atom. The number of carbonyl (C=O) groups excluding carboxylic acids is 3. The highest BCUT2D eigenvalue weighted by Gasteiger charge is 2.19. The first kappa shape index (κ1) is 69.8. The van der Waals surface area contributed by atoms with E-state index in [1.54, 1.807) is 0 Å². The van der Waals surface area contributed by atoms with Crippen LogP contribution in [0.5, 0.6) is 0 Å². The van der Waals surface area contributed by atoms with E-state index in [0.717, 1.165) is 96.3 Å². The van der Waals surface area contributed by atoms with Crippen LogP contribution in [0.3, 0.4) is 0 Å². The minimum Gasteiger partial charge on any atom is -0.462 e. The van der Waals surface area contributed by atoms with Gasteiger partial charge in [-0.2, -0.15) is 0 Å². The number of unbranched alkanes of at least 4 members (excludes halogenated alkanes) is 34. The van der Waals surface area contributed by atoms with Crippen LogP contribution >= 0.6 is 0 Å². The fourth-order valence-corrected chi connectivity index (χ4v) is 9.04. The average Bonchev–Trinajstić information content (AvgIpc) is 3.39. The van der Waals surface area contributed by atoms with E-state index in [1.807, 2.05) is 0 Å². The van der Waals surface area contributed by atoms with E-state index in [0.29, 0.717) is 19.3 Å². The Kier molecular flexibility index (Phi) is 58.7. The summed E-state index contributed by atoms with van der Waals surface area (Å²) in [5, 5.41) is 0. The SMILES string of the molecule is CC/C=C\C/C=C\C/C=C\C/C=C\C/C=C\C/C=C\CCCCCCCCCCCCCCCCC(=O)OCC(COC(=O)CCCCCCCCCCCCC)OC(=O)CCCCCCCCCCCCC. The number of esters is 3. The van der Waals surface area contributed by atoms with Crippen molar-refractivity contribution < 1.29 is 28.6 Å². The number of allylic oxidation sites excluding steroid dienone is 12. The first-order valence-corrected chi connectivity index (χ1v) is 31.4. The molecule has 0 radical (unpaired) electrons. The summed E-state index contributed by atoms with van der Waals surface area (Å²) in [7, 11) is 0. The Hall–Kier alpha value is -3.15. The molecule has 1 unspecified atom stereocenters. The highest BCUT2D eigenvalue weighted by Crippen LogP contribution is 2.17. The van der Waals surface area contributed by atoms with Gasteiger partial charge < -0.3 is 14.2 Å². The van der Waals surface area contributed by atoms with Crippen LogP contribution in [0, 0.1) is 0 Å². The summed E-state index contributed by atoms with van der Waals surface area (Å²) >= 11 is 0. The third-order valence-corrected chi connectivity index (χ3v) is 13.7. The van der Waals surface area contributed by atoms with Crippen LogP contribution in [0.1, 0.15) is 316 Å². The highest BCUT2D eigenvalue weighted by atomic mass is 16.6. The number of ether oxygens (including phenoxy) is 3. The van der Waals surface area contributed by atoms with Gasteiger partial charge in [0.1, 0.15) is 13.2 Å². The standard InChI is InChI=1S/C67H118O6/c1-4-7-10-13-16-19-22-23-24-25-26-27-28-29-30-31-32-33-34-35-36-37-38-39-40-41-42-43-46-48-51-54-57-60-66(69)72-63-64(73-67(70)61-58-55-52-49-45-21-18-15-12-9-6-3)62-71-65(68)59-56-53-50-47-44-20-17-14-11-8-5-2/h7,10,16,19,23-24,26-27,29-30,32-33,64H,4-6,8-9,11-15,17-18,20-22,25,28,31,34-63H2,1-3H3/b10-7-,19-16-,24-23-,27-26-,30-29-,33-32-. The van der Waals surface area contributed by atoms with Crippen molar-refractivity contribution in [1.29, 1.82) is 0 Å². The second-order valence-electron chi connectivity index (χ2n) is 21.0. The van der Waals surface area contributed by atoms with Crippen LogP contribution in [0.2, 0.25) is 0 Å². The monoisotopic (exact) mass is 1020 g/mol. The van der Waals surface area contributed by atoms with Gasteiger partial charge in [0.15, 0.2) is 6.10 Å². The second-order valence-corrected chi connectivity index (χ2v) is 21.0. The van der Waals surface area contributed by atoms with E-state index in [-0.39, 0.29) is 31.1 Å². The number of hydrogen-bond donors (Lipinski definition) is 0. The van der Waals surface area contributed by atoms with Crippen LogP contribution in [0.15, 0.2) is 72.9 Å². The number of hydrogen-bond acceptors (Lipinski definition) is 6. The van der Waals surface area contributed by atoms with Gasteiger partial charge in [0, 0.05) is 19.3 Å². The molecular formula is C67H118O6. The fraction of sp³-hybridized carbons (Fsp3) is 0.776. The zero-order valence-corrected chi connectivity index (χ0v) is 48.4. The molecular weight excluding hydrogens is 901 g/mol. The first-order valence-electron chi connectivity index (χ1n) is 31.4. The molecule has 0 aromatic heterocycles. The van der Waals surface area contributed by atoms with Gasteiger partial charge in [0.05, 0.1) is 0 Å². The summed E-state index contributed by atoms with van der Waals surface area (Å²) in [6.07, 6.45) is 79.2. The Labute approximate surface area is 453 Å². The molecule has 0 fully saturated rings. The smallest absolute Gasteiger partial charge is 0.306 e. The molecule has 0 aromatic carbocycles. The fourth-order valence-electron chi connectivity index (χ4n) is 9.04. The van der Waals surface area contributed by atoms with E-state index in [4.69, 9.17) is 14.2 Å². The topological polar surface area (TPSA) is 78.9 Å². The Morgan fingerprint density at radius 1 is 0.288 bits per heavy atom. The molecule has 1 atom stereocenters. The molecule has 0 aliphatic heterocycles. The van der Waals surface area contributed by atoms with Gasteiger partial charge in [0.25, 0.3) is 0 Å². The van der Waals surface area contributed by atoms with Crippen LogP contribution in [-0.2, 0) is 28.6 Å². The third-order valence-electron chi connectivity index (χ3n) is 13.7. The molecule has 422 valence electrons. The quantitative estimate of drug-likeness (QED) is 0.0261. The van der Waals surface area contributed by atoms with Gasteiger partial charge in [-0.15, -0.1) is 0 Å². The van der Waals surface area contributed by atoms with Crippen LogP contribution in [0.4, 0.5) is 0 Å². The van der Waals surface area contributed by atoms with Crippen LogP contribution in [-0.4, -0.2) is 37.2 Å². The molecule has 6 nitrogen and oxygen atoms in total. The van der Waals surface area contributed by atoms with Crippen molar-refractivity contribution >= 4 is 17.9 Å². The predicted octanol–water partition coefficient (Wildman–Crippen LogP) is 21.3. The Balaban J connectivity index is 4.06. The molecule has 6 heteroatoms. The predicted molar refractivity (Wildman–Crippen MR) is 316 cm³/mol. The largest absolute Gasteiger partial charge is 0.462 e. The molecule has 0 bridgehead atoms. The van der Waals surface area contributed by atoms with Gasteiger partial charge in [-0.3, -0.25) is 14.4 Å². The van der Waals surface area contributed by atoms with Gasteiger partial charge in [-0.1, -0.05) is 299 Å². The van der Waals surface area contributed by atoms with Gasteiger partial charge >= 0.3 is 17.9 Å². The molecule has 0 heterocycles. The third kappa shape index (κ3) is 59.6. The summed E-state index contributed by atoms with van der Waals surface area (Å²) in [6.45, 7) is 6.54. The molecule has 0 aliphatic carbocycles. The molecule has 0 spiro atoms. The van der Waals surface area contributed by atoms with Gasteiger partial charge in [0.2, 0.25) is 0 Å². The van der Waals surface area contributed by atoms with Crippen LogP contribution in [0.25, 0.3) is 0 Å². The second kappa shape index (κ2) is 61.4. The average molecular weight is 1020 g/mol. The first-order chi connectivity index (χ1) is 36.0. The normalized spacial score (nSPS) is 12.5. The maximum atomic E-state index is 12.8. The van der Waals surface area contributed by atoms with Crippen LogP contribution < -0.4 is 0 Å². The lowest BCUT2D eigenvalue weighted by Gasteiger charge is -2.18. The molecule has 0 amide bonds. The van der Waals surface area contributed by atoms with E-state index >= 15 is 0 Å². The number of carbonyl (C=O) groups is 3. The lowest BCUT2D eigenvalue weighted by molar-refractivity contribution is -0.167. The van der Waals surface area contributed by atoms with E-state index in [2.05, 4.69) is 93.7 Å². The summed E-state index contributed by atoms with van der Waals surface area (Å²) < 4.78 is 16.9. The van der Waals surface area contributed by atoms with Crippen molar-refractivity contribution in [3.63, 3.8) is 0 Å². The van der Waals surface area contributed by atoms with Gasteiger partial charge in [-0.25, -0.2) is 0 Å². The van der Waals surface area contributed by atoms with Crippen molar-refractivity contribution in [2.24, 2.45) is 0 Å². The summed E-state index contributed by atoms with van der Waals surface area (Å²) in [4.78, 5) is 38.1. The van der Waals surface area contributed by atoms with Crippen molar-refractivity contribution in [1.82, 2.24) is 0 Å². The molecule has 73 heavy (non-hydrogen) atoms. The number of rotatable bonds is 57. The molecule has 0 aromatic rings.